The average molecular weight is 224 g/mol. The molecule has 1 N–H and O–H groups in total. The third-order valence-electron chi connectivity index (χ3n) is 2.82. The van der Waals surface area contributed by atoms with Crippen LogP contribution in [0.3, 0.4) is 0 Å². The van der Waals surface area contributed by atoms with Crippen molar-refractivity contribution in [3.63, 3.8) is 0 Å². The summed E-state index contributed by atoms with van der Waals surface area (Å²) in [6.07, 6.45) is 4.29. The summed E-state index contributed by atoms with van der Waals surface area (Å²) >= 11 is 0. The number of anilines is 1. The zero-order chi connectivity index (χ0) is 12.2. The van der Waals surface area contributed by atoms with E-state index in [0.29, 0.717) is 5.95 Å². The van der Waals surface area contributed by atoms with Gasteiger partial charge in [-0.25, -0.2) is 9.97 Å². The van der Waals surface area contributed by atoms with Crippen molar-refractivity contribution in [2.24, 2.45) is 0 Å². The van der Waals surface area contributed by atoms with Crippen LogP contribution in [-0.2, 0) is 0 Å². The van der Waals surface area contributed by atoms with E-state index in [1.807, 2.05) is 0 Å². The fourth-order valence-electron chi connectivity index (χ4n) is 1.18. The van der Waals surface area contributed by atoms with Gasteiger partial charge in [-0.2, -0.15) is 0 Å². The Morgan fingerprint density at radius 3 is 2.25 bits per heavy atom. The molecule has 1 aromatic rings. The van der Waals surface area contributed by atoms with E-state index in [9.17, 15) is 10.1 Å². The van der Waals surface area contributed by atoms with Gasteiger partial charge in [0.05, 0.1) is 4.92 Å². The van der Waals surface area contributed by atoms with Gasteiger partial charge in [0.15, 0.2) is 0 Å². The Hall–Kier alpha value is -1.72. The summed E-state index contributed by atoms with van der Waals surface area (Å²) in [7, 11) is 0. The van der Waals surface area contributed by atoms with Crippen LogP contribution in [0.25, 0.3) is 0 Å². The first-order valence-corrected chi connectivity index (χ1v) is 5.25. The predicted octanol–water partition coefficient (Wildman–Crippen LogP) is 2.38. The highest BCUT2D eigenvalue weighted by atomic mass is 16.6. The van der Waals surface area contributed by atoms with Gasteiger partial charge >= 0.3 is 5.69 Å². The summed E-state index contributed by atoms with van der Waals surface area (Å²) in [6, 6.07) is 0. The molecule has 0 aliphatic carbocycles. The first-order chi connectivity index (χ1) is 7.50. The number of nitro groups is 1. The number of rotatable bonds is 5. The Morgan fingerprint density at radius 1 is 1.38 bits per heavy atom. The number of aromatic nitrogens is 2. The van der Waals surface area contributed by atoms with Crippen molar-refractivity contribution in [2.45, 2.75) is 39.2 Å². The molecule has 1 rings (SSSR count). The van der Waals surface area contributed by atoms with Crippen molar-refractivity contribution in [1.29, 1.82) is 0 Å². The fourth-order valence-corrected chi connectivity index (χ4v) is 1.18. The summed E-state index contributed by atoms with van der Waals surface area (Å²) in [5.41, 5.74) is -0.170. The van der Waals surface area contributed by atoms with Crippen LogP contribution in [0.2, 0.25) is 0 Å². The van der Waals surface area contributed by atoms with Crippen molar-refractivity contribution in [3.05, 3.63) is 22.5 Å². The molecule has 0 radical (unpaired) electrons. The highest BCUT2D eigenvalue weighted by Gasteiger charge is 2.20. The van der Waals surface area contributed by atoms with Crippen LogP contribution in [0.1, 0.15) is 33.6 Å². The van der Waals surface area contributed by atoms with Gasteiger partial charge in [0.2, 0.25) is 5.95 Å². The van der Waals surface area contributed by atoms with Crippen molar-refractivity contribution in [2.75, 3.05) is 5.32 Å². The minimum atomic E-state index is -0.511. The second-order valence-electron chi connectivity index (χ2n) is 3.91. The maximum Gasteiger partial charge on any atom is 0.305 e. The van der Waals surface area contributed by atoms with E-state index in [1.165, 1.54) is 12.4 Å². The van der Waals surface area contributed by atoms with Crippen LogP contribution in [0.15, 0.2) is 12.4 Å². The second-order valence-corrected chi connectivity index (χ2v) is 3.91. The molecule has 0 atom stereocenters. The second kappa shape index (κ2) is 4.87. The molecule has 0 bridgehead atoms. The summed E-state index contributed by atoms with van der Waals surface area (Å²) < 4.78 is 0. The van der Waals surface area contributed by atoms with Gasteiger partial charge < -0.3 is 5.32 Å². The van der Waals surface area contributed by atoms with Crippen LogP contribution >= 0.6 is 0 Å². The molecule has 0 saturated heterocycles. The van der Waals surface area contributed by atoms with Gasteiger partial charge in [0.1, 0.15) is 12.4 Å². The SMILES string of the molecule is CCC(C)(CC)Nc1ncc([N+](=O)[O-])cn1. The monoisotopic (exact) mass is 224 g/mol. The summed E-state index contributed by atoms with van der Waals surface area (Å²) in [5.74, 6) is 0.428. The van der Waals surface area contributed by atoms with Crippen LogP contribution in [-0.4, -0.2) is 20.4 Å². The van der Waals surface area contributed by atoms with Gasteiger partial charge in [-0.05, 0) is 19.8 Å². The molecule has 6 nitrogen and oxygen atoms in total. The van der Waals surface area contributed by atoms with Crippen molar-refractivity contribution in [3.8, 4) is 0 Å². The first kappa shape index (κ1) is 12.4. The first-order valence-electron chi connectivity index (χ1n) is 5.25. The molecule has 1 aromatic heterocycles. The third-order valence-corrected chi connectivity index (χ3v) is 2.82. The van der Waals surface area contributed by atoms with E-state index < -0.39 is 4.92 Å². The van der Waals surface area contributed by atoms with E-state index in [0.717, 1.165) is 12.8 Å². The van der Waals surface area contributed by atoms with Crippen LogP contribution in [0.5, 0.6) is 0 Å². The smallest absolute Gasteiger partial charge is 0.305 e. The molecule has 16 heavy (non-hydrogen) atoms. The molecule has 0 aliphatic rings. The van der Waals surface area contributed by atoms with E-state index in [2.05, 4.69) is 36.1 Å². The fraction of sp³-hybridized carbons (Fsp3) is 0.600. The predicted molar refractivity (Wildman–Crippen MR) is 61.3 cm³/mol. The largest absolute Gasteiger partial charge is 0.349 e. The van der Waals surface area contributed by atoms with Gasteiger partial charge in [-0.3, -0.25) is 10.1 Å². The molecule has 0 aliphatic heterocycles. The number of hydrogen-bond acceptors (Lipinski definition) is 5. The molecule has 88 valence electrons. The zero-order valence-electron chi connectivity index (χ0n) is 9.73. The number of nitrogens with zero attached hydrogens (tertiary/aromatic N) is 3. The minimum Gasteiger partial charge on any atom is -0.349 e. The molecule has 0 aromatic carbocycles. The zero-order valence-corrected chi connectivity index (χ0v) is 9.73. The lowest BCUT2D eigenvalue weighted by atomic mass is 9.96. The van der Waals surface area contributed by atoms with E-state index in [-0.39, 0.29) is 11.2 Å². The summed E-state index contributed by atoms with van der Waals surface area (Å²) in [6.45, 7) is 6.21. The standard InChI is InChI=1S/C10H16N4O2/c1-4-10(3,5-2)13-9-11-6-8(7-12-9)14(15)16/h6-7H,4-5H2,1-3H3,(H,11,12,13). The number of nitrogens with one attached hydrogen (secondary N) is 1. The highest BCUT2D eigenvalue weighted by Crippen LogP contribution is 2.19. The molecule has 0 spiro atoms. The summed E-state index contributed by atoms with van der Waals surface area (Å²) in [5, 5.41) is 13.6. The Kier molecular flexibility index (Phi) is 3.76. The van der Waals surface area contributed by atoms with E-state index >= 15 is 0 Å². The van der Waals surface area contributed by atoms with Crippen LogP contribution in [0.4, 0.5) is 11.6 Å². The van der Waals surface area contributed by atoms with Gasteiger partial charge in [-0.1, -0.05) is 13.8 Å². The Bertz CT molecular complexity index is 360. The van der Waals surface area contributed by atoms with Crippen molar-refractivity contribution in [1.82, 2.24) is 9.97 Å². The number of hydrogen-bond donors (Lipinski definition) is 1. The average Bonchev–Trinajstić information content (AvgIpc) is 2.29. The highest BCUT2D eigenvalue weighted by molar-refractivity contribution is 5.33. The molecule has 6 heteroatoms. The Balaban J connectivity index is 2.79. The lowest BCUT2D eigenvalue weighted by molar-refractivity contribution is -0.385. The normalized spacial score (nSPS) is 11.2. The van der Waals surface area contributed by atoms with Gasteiger partial charge in [0.25, 0.3) is 0 Å². The third kappa shape index (κ3) is 2.88. The molecular weight excluding hydrogens is 208 g/mol. The minimum absolute atomic E-state index is 0.0733. The van der Waals surface area contributed by atoms with Crippen LogP contribution < -0.4 is 5.32 Å². The van der Waals surface area contributed by atoms with Crippen molar-refractivity contribution < 1.29 is 4.92 Å². The topological polar surface area (TPSA) is 81.0 Å². The quantitative estimate of drug-likeness (QED) is 0.613. The lowest BCUT2D eigenvalue weighted by Gasteiger charge is -2.27. The lowest BCUT2D eigenvalue weighted by Crippen LogP contribution is -2.33. The Morgan fingerprint density at radius 2 is 1.88 bits per heavy atom. The Labute approximate surface area is 94.3 Å². The summed E-state index contributed by atoms with van der Waals surface area (Å²) in [4.78, 5) is 17.7. The molecule has 0 amide bonds. The van der Waals surface area contributed by atoms with Crippen LogP contribution in [0, 0.1) is 10.1 Å². The molecular formula is C10H16N4O2. The molecule has 0 unspecified atom stereocenters. The maximum atomic E-state index is 10.4. The van der Waals surface area contributed by atoms with Crippen molar-refractivity contribution >= 4 is 11.6 Å². The molecule has 0 saturated carbocycles. The maximum absolute atomic E-state index is 10.4. The van der Waals surface area contributed by atoms with E-state index in [1.54, 1.807) is 0 Å². The van der Waals surface area contributed by atoms with E-state index in [4.69, 9.17) is 0 Å². The van der Waals surface area contributed by atoms with Gasteiger partial charge in [0, 0.05) is 5.54 Å². The van der Waals surface area contributed by atoms with Gasteiger partial charge in [-0.15, -0.1) is 0 Å². The molecule has 0 fully saturated rings. The molecule has 1 heterocycles.